The van der Waals surface area contributed by atoms with Crippen LogP contribution in [0.15, 0.2) is 12.1 Å². The molecule has 0 saturated carbocycles. The van der Waals surface area contributed by atoms with Gasteiger partial charge in [0.15, 0.2) is 5.82 Å². The predicted octanol–water partition coefficient (Wildman–Crippen LogP) is 3.41. The molecule has 1 aromatic carbocycles. The molecule has 1 rings (SSSR count). The molecule has 88 valence electrons. The SMILES string of the molecule is CC(=O)Nc1ccc(I)c(C(F)(F)F)c1F. The van der Waals surface area contributed by atoms with Crippen LogP contribution < -0.4 is 5.32 Å². The Hall–Kier alpha value is -0.860. The maximum Gasteiger partial charge on any atom is 0.420 e. The lowest BCUT2D eigenvalue weighted by atomic mass is 10.1. The zero-order chi connectivity index (χ0) is 12.5. The number of benzene rings is 1. The van der Waals surface area contributed by atoms with E-state index < -0.39 is 29.2 Å². The first kappa shape index (κ1) is 13.2. The Balaban J connectivity index is 3.33. The van der Waals surface area contributed by atoms with Gasteiger partial charge < -0.3 is 5.32 Å². The summed E-state index contributed by atoms with van der Waals surface area (Å²) >= 11 is 1.39. The van der Waals surface area contributed by atoms with E-state index in [4.69, 9.17) is 0 Å². The molecule has 0 aromatic heterocycles. The monoisotopic (exact) mass is 347 g/mol. The van der Waals surface area contributed by atoms with E-state index in [-0.39, 0.29) is 3.57 Å². The number of halogens is 5. The van der Waals surface area contributed by atoms with Crippen molar-refractivity contribution in [1.29, 1.82) is 0 Å². The van der Waals surface area contributed by atoms with Gasteiger partial charge in [-0.05, 0) is 34.7 Å². The molecule has 1 N–H and O–H groups in total. The van der Waals surface area contributed by atoms with Crippen molar-refractivity contribution in [3.8, 4) is 0 Å². The van der Waals surface area contributed by atoms with E-state index in [1.54, 1.807) is 0 Å². The minimum Gasteiger partial charge on any atom is -0.324 e. The number of amides is 1. The summed E-state index contributed by atoms with van der Waals surface area (Å²) in [7, 11) is 0. The molecule has 2 nitrogen and oxygen atoms in total. The molecule has 0 aliphatic rings. The van der Waals surface area contributed by atoms with E-state index in [1.165, 1.54) is 22.6 Å². The van der Waals surface area contributed by atoms with Gasteiger partial charge in [-0.3, -0.25) is 4.79 Å². The summed E-state index contributed by atoms with van der Waals surface area (Å²) in [5.74, 6) is -2.09. The van der Waals surface area contributed by atoms with E-state index in [0.29, 0.717) is 0 Å². The van der Waals surface area contributed by atoms with E-state index >= 15 is 0 Å². The average Bonchev–Trinajstić information content (AvgIpc) is 2.07. The highest BCUT2D eigenvalue weighted by Crippen LogP contribution is 2.37. The Labute approximate surface area is 102 Å². The van der Waals surface area contributed by atoms with Crippen LogP contribution in [-0.4, -0.2) is 5.91 Å². The maximum absolute atomic E-state index is 13.5. The van der Waals surface area contributed by atoms with Gasteiger partial charge in [-0.15, -0.1) is 0 Å². The molecule has 0 heterocycles. The fourth-order valence-electron chi connectivity index (χ4n) is 1.10. The topological polar surface area (TPSA) is 29.1 Å². The van der Waals surface area contributed by atoms with Crippen LogP contribution in [0.1, 0.15) is 12.5 Å². The lowest BCUT2D eigenvalue weighted by Crippen LogP contribution is -2.15. The molecule has 0 radical (unpaired) electrons. The molecular formula is C9H6F4INO. The van der Waals surface area contributed by atoms with E-state index in [1.807, 2.05) is 5.32 Å². The van der Waals surface area contributed by atoms with Crippen LogP contribution in [0.2, 0.25) is 0 Å². The summed E-state index contributed by atoms with van der Waals surface area (Å²) in [6.45, 7) is 1.09. The zero-order valence-corrected chi connectivity index (χ0v) is 10.1. The number of carbonyl (C=O) groups excluding carboxylic acids is 1. The summed E-state index contributed by atoms with van der Waals surface area (Å²) < 4.78 is 50.6. The second-order valence-electron chi connectivity index (χ2n) is 2.96. The second-order valence-corrected chi connectivity index (χ2v) is 4.13. The maximum atomic E-state index is 13.5. The molecule has 0 saturated heterocycles. The fraction of sp³-hybridized carbons (Fsp3) is 0.222. The third-order valence-electron chi connectivity index (χ3n) is 1.69. The molecule has 0 atom stereocenters. The Morgan fingerprint density at radius 3 is 2.38 bits per heavy atom. The van der Waals surface area contributed by atoms with Crippen LogP contribution in [0.4, 0.5) is 23.2 Å². The minimum absolute atomic E-state index is 0.253. The highest BCUT2D eigenvalue weighted by atomic mass is 127. The van der Waals surface area contributed by atoms with Gasteiger partial charge in [-0.2, -0.15) is 13.2 Å². The summed E-state index contributed by atoms with van der Waals surface area (Å²) in [4.78, 5) is 10.7. The minimum atomic E-state index is -4.78. The highest BCUT2D eigenvalue weighted by molar-refractivity contribution is 14.1. The van der Waals surface area contributed by atoms with Crippen molar-refractivity contribution < 1.29 is 22.4 Å². The molecule has 0 bridgehead atoms. The summed E-state index contributed by atoms with van der Waals surface area (Å²) in [6, 6.07) is 2.19. The second kappa shape index (κ2) is 4.56. The van der Waals surface area contributed by atoms with Gasteiger partial charge in [0.05, 0.1) is 5.69 Å². The van der Waals surface area contributed by atoms with Crippen molar-refractivity contribution in [2.45, 2.75) is 13.1 Å². The first-order valence-electron chi connectivity index (χ1n) is 4.06. The van der Waals surface area contributed by atoms with Gasteiger partial charge >= 0.3 is 6.18 Å². The van der Waals surface area contributed by atoms with Crippen LogP contribution in [0.25, 0.3) is 0 Å². The largest absolute Gasteiger partial charge is 0.420 e. The summed E-state index contributed by atoms with van der Waals surface area (Å²) in [5.41, 5.74) is -1.83. The zero-order valence-electron chi connectivity index (χ0n) is 7.95. The number of hydrogen-bond acceptors (Lipinski definition) is 1. The van der Waals surface area contributed by atoms with Crippen LogP contribution in [-0.2, 0) is 11.0 Å². The predicted molar refractivity (Wildman–Crippen MR) is 58.4 cm³/mol. The van der Waals surface area contributed by atoms with Crippen molar-refractivity contribution in [2.75, 3.05) is 5.32 Å². The Kier molecular flexibility index (Phi) is 3.76. The Morgan fingerprint density at radius 2 is 1.94 bits per heavy atom. The van der Waals surface area contributed by atoms with Crippen molar-refractivity contribution >= 4 is 34.2 Å². The lowest BCUT2D eigenvalue weighted by molar-refractivity contribution is -0.140. The van der Waals surface area contributed by atoms with E-state index in [2.05, 4.69) is 0 Å². The van der Waals surface area contributed by atoms with Crippen LogP contribution in [0, 0.1) is 9.39 Å². The molecule has 0 aliphatic heterocycles. The Morgan fingerprint density at radius 1 is 1.38 bits per heavy atom. The summed E-state index contributed by atoms with van der Waals surface area (Å²) in [5, 5.41) is 2.00. The van der Waals surface area contributed by atoms with Gasteiger partial charge in [-0.25, -0.2) is 4.39 Å². The molecule has 7 heteroatoms. The first-order valence-corrected chi connectivity index (χ1v) is 5.14. The van der Waals surface area contributed by atoms with Gasteiger partial charge in [0.2, 0.25) is 5.91 Å². The molecule has 0 unspecified atom stereocenters. The molecule has 0 spiro atoms. The van der Waals surface area contributed by atoms with Gasteiger partial charge in [0.1, 0.15) is 5.56 Å². The third-order valence-corrected chi connectivity index (χ3v) is 2.58. The first-order chi connectivity index (χ1) is 7.23. The van der Waals surface area contributed by atoms with Crippen LogP contribution in [0.5, 0.6) is 0 Å². The van der Waals surface area contributed by atoms with Crippen molar-refractivity contribution in [3.05, 3.63) is 27.1 Å². The average molecular weight is 347 g/mol. The highest BCUT2D eigenvalue weighted by Gasteiger charge is 2.37. The Bertz CT molecular complexity index is 430. The summed E-state index contributed by atoms with van der Waals surface area (Å²) in [6.07, 6.45) is -4.78. The van der Waals surface area contributed by atoms with E-state index in [0.717, 1.165) is 19.1 Å². The number of alkyl halides is 3. The van der Waals surface area contributed by atoms with Crippen molar-refractivity contribution in [2.24, 2.45) is 0 Å². The third kappa shape index (κ3) is 2.83. The number of carbonyl (C=O) groups is 1. The smallest absolute Gasteiger partial charge is 0.324 e. The molecule has 1 amide bonds. The number of anilines is 1. The van der Waals surface area contributed by atoms with E-state index in [9.17, 15) is 22.4 Å². The van der Waals surface area contributed by atoms with Gasteiger partial charge in [0, 0.05) is 10.5 Å². The lowest BCUT2D eigenvalue weighted by Gasteiger charge is -2.13. The number of rotatable bonds is 1. The van der Waals surface area contributed by atoms with Crippen LogP contribution >= 0.6 is 22.6 Å². The quantitative estimate of drug-likeness (QED) is 0.612. The van der Waals surface area contributed by atoms with Gasteiger partial charge in [-0.1, -0.05) is 0 Å². The standard InChI is InChI=1S/C9H6F4INO/c1-4(16)15-6-3-2-5(14)7(8(6)10)9(11,12)13/h2-3H,1H3,(H,15,16). The normalized spacial score (nSPS) is 11.4. The number of hydrogen-bond donors (Lipinski definition) is 1. The van der Waals surface area contributed by atoms with Crippen molar-refractivity contribution in [1.82, 2.24) is 0 Å². The van der Waals surface area contributed by atoms with Gasteiger partial charge in [0.25, 0.3) is 0 Å². The van der Waals surface area contributed by atoms with Crippen molar-refractivity contribution in [3.63, 3.8) is 0 Å². The molecule has 0 fully saturated rings. The fourth-order valence-corrected chi connectivity index (χ4v) is 1.82. The molecule has 0 aliphatic carbocycles. The molecular weight excluding hydrogens is 341 g/mol. The number of nitrogens with one attached hydrogen (secondary N) is 1. The molecule has 16 heavy (non-hydrogen) atoms. The van der Waals surface area contributed by atoms with Crippen LogP contribution in [0.3, 0.4) is 0 Å². The molecule has 1 aromatic rings.